The molecule has 0 aliphatic carbocycles. The van der Waals surface area contributed by atoms with Crippen molar-refractivity contribution in [2.75, 3.05) is 0 Å². The minimum atomic E-state index is -1.39. The van der Waals surface area contributed by atoms with Gasteiger partial charge in [0.25, 0.3) is 0 Å². The summed E-state index contributed by atoms with van der Waals surface area (Å²) < 4.78 is 0. The Bertz CT molecular complexity index is 1280. The van der Waals surface area contributed by atoms with E-state index in [2.05, 4.69) is 15.2 Å². The van der Waals surface area contributed by atoms with E-state index in [1.54, 1.807) is 31.3 Å². The molecule has 7 nitrogen and oxygen atoms in total. The number of H-pyrrole nitrogens is 2. The lowest BCUT2D eigenvalue weighted by atomic mass is 9.71. The molecular formula is C23H22ClN3O4. The predicted molar refractivity (Wildman–Crippen MR) is 119 cm³/mol. The van der Waals surface area contributed by atoms with E-state index in [1.165, 1.54) is 0 Å². The summed E-state index contributed by atoms with van der Waals surface area (Å²) in [6, 6.07) is 12.7. The lowest BCUT2D eigenvalue weighted by Gasteiger charge is -2.31. The van der Waals surface area contributed by atoms with Gasteiger partial charge >= 0.3 is 11.9 Å². The smallest absolute Gasteiger partial charge is 0.315 e. The van der Waals surface area contributed by atoms with Crippen LogP contribution < -0.4 is 0 Å². The first-order valence-electron chi connectivity index (χ1n) is 10.0. The fourth-order valence-corrected chi connectivity index (χ4v) is 4.63. The van der Waals surface area contributed by atoms with Gasteiger partial charge in [-0.25, -0.2) is 0 Å². The normalized spacial score (nSPS) is 14.5. The third-order valence-electron chi connectivity index (χ3n) is 6.07. The van der Waals surface area contributed by atoms with Crippen LogP contribution in [-0.2, 0) is 15.0 Å². The molecule has 31 heavy (non-hydrogen) atoms. The van der Waals surface area contributed by atoms with E-state index < -0.39 is 23.3 Å². The largest absolute Gasteiger partial charge is 0.481 e. The van der Waals surface area contributed by atoms with E-state index >= 15 is 0 Å². The molecule has 0 saturated carbocycles. The fourth-order valence-electron chi connectivity index (χ4n) is 4.45. The van der Waals surface area contributed by atoms with Crippen LogP contribution in [-0.4, -0.2) is 37.3 Å². The Labute approximate surface area is 183 Å². The van der Waals surface area contributed by atoms with Crippen LogP contribution in [0.25, 0.3) is 21.8 Å². The number of aromatic amines is 2. The minimum absolute atomic E-state index is 0.0828. The van der Waals surface area contributed by atoms with Crippen LogP contribution in [0.2, 0.25) is 5.02 Å². The maximum Gasteiger partial charge on any atom is 0.315 e. The van der Waals surface area contributed by atoms with E-state index in [-0.39, 0.29) is 19.3 Å². The van der Waals surface area contributed by atoms with Crippen molar-refractivity contribution >= 4 is 45.3 Å². The second-order valence-corrected chi connectivity index (χ2v) is 8.23. The van der Waals surface area contributed by atoms with Crippen LogP contribution in [0.15, 0.2) is 48.7 Å². The van der Waals surface area contributed by atoms with Gasteiger partial charge in [-0.2, -0.15) is 5.10 Å². The molecule has 2 unspecified atom stereocenters. The van der Waals surface area contributed by atoms with E-state index in [4.69, 9.17) is 11.6 Å². The van der Waals surface area contributed by atoms with Crippen LogP contribution in [0.4, 0.5) is 0 Å². The Morgan fingerprint density at radius 1 is 1.13 bits per heavy atom. The number of hydrogen-bond donors (Lipinski definition) is 4. The van der Waals surface area contributed by atoms with E-state index in [0.717, 1.165) is 16.5 Å². The van der Waals surface area contributed by atoms with Crippen LogP contribution in [0.5, 0.6) is 0 Å². The molecule has 4 rings (SSSR count). The Balaban J connectivity index is 1.87. The first-order valence-corrected chi connectivity index (χ1v) is 10.4. The number of aromatic nitrogens is 3. The topological polar surface area (TPSA) is 119 Å². The lowest BCUT2D eigenvalue weighted by Crippen LogP contribution is -2.38. The monoisotopic (exact) mass is 439 g/mol. The molecule has 2 aromatic carbocycles. The number of hydrogen-bond acceptors (Lipinski definition) is 3. The second kappa shape index (κ2) is 8.07. The van der Waals surface area contributed by atoms with E-state index in [9.17, 15) is 19.8 Å². The van der Waals surface area contributed by atoms with Gasteiger partial charge in [0, 0.05) is 27.5 Å². The van der Waals surface area contributed by atoms with Gasteiger partial charge in [-0.15, -0.1) is 0 Å². The maximum atomic E-state index is 12.7. The number of nitrogens with one attached hydrogen (secondary N) is 2. The van der Waals surface area contributed by atoms with Gasteiger partial charge < -0.3 is 15.2 Å². The Morgan fingerprint density at radius 2 is 1.90 bits per heavy atom. The van der Waals surface area contributed by atoms with Gasteiger partial charge in [-0.1, -0.05) is 36.7 Å². The zero-order chi connectivity index (χ0) is 22.2. The average Bonchev–Trinajstić information content (AvgIpc) is 3.35. The highest BCUT2D eigenvalue weighted by Gasteiger charge is 2.45. The van der Waals surface area contributed by atoms with Crippen LogP contribution in [0.1, 0.15) is 43.4 Å². The highest BCUT2D eigenvalue weighted by molar-refractivity contribution is 6.31. The number of nitrogens with zero attached hydrogens (tertiary/aromatic N) is 1. The molecule has 2 aromatic heterocycles. The molecule has 0 bridgehead atoms. The summed E-state index contributed by atoms with van der Waals surface area (Å²) in [5.74, 6) is -2.56. The molecule has 2 atom stereocenters. The number of carboxylic acids is 2. The van der Waals surface area contributed by atoms with Gasteiger partial charge in [0.05, 0.1) is 17.6 Å². The molecule has 8 heteroatoms. The second-order valence-electron chi connectivity index (χ2n) is 7.79. The van der Waals surface area contributed by atoms with Gasteiger partial charge in [0.15, 0.2) is 0 Å². The van der Waals surface area contributed by atoms with E-state index in [0.29, 0.717) is 21.6 Å². The van der Waals surface area contributed by atoms with Crippen molar-refractivity contribution in [3.63, 3.8) is 0 Å². The summed E-state index contributed by atoms with van der Waals surface area (Å²) >= 11 is 6.17. The van der Waals surface area contributed by atoms with Gasteiger partial charge in [-0.05, 0) is 48.6 Å². The van der Waals surface area contributed by atoms with Crippen LogP contribution in [0, 0.1) is 0 Å². The maximum absolute atomic E-state index is 12.7. The summed E-state index contributed by atoms with van der Waals surface area (Å²) in [4.78, 5) is 27.6. The number of carbonyl (C=O) groups is 2. The molecular weight excluding hydrogens is 418 g/mol. The highest BCUT2D eigenvalue weighted by Crippen LogP contribution is 2.43. The molecule has 0 aliphatic heterocycles. The Morgan fingerprint density at radius 3 is 2.61 bits per heavy atom. The van der Waals surface area contributed by atoms with Crippen molar-refractivity contribution in [3.05, 3.63) is 64.9 Å². The van der Waals surface area contributed by atoms with Crippen molar-refractivity contribution in [3.8, 4) is 0 Å². The number of para-hydroxylation sites is 1. The molecule has 160 valence electrons. The summed E-state index contributed by atoms with van der Waals surface area (Å²) in [6.45, 7) is 1.78. The number of halogens is 1. The molecule has 0 saturated heterocycles. The lowest BCUT2D eigenvalue weighted by molar-refractivity contribution is -0.145. The number of benzene rings is 2. The molecule has 0 spiro atoms. The number of rotatable bonds is 8. The number of fused-ring (bicyclic) bond motifs is 2. The van der Waals surface area contributed by atoms with Gasteiger partial charge in [0.2, 0.25) is 0 Å². The number of aliphatic carboxylic acids is 2. The van der Waals surface area contributed by atoms with Gasteiger partial charge in [-0.3, -0.25) is 14.7 Å². The third kappa shape index (κ3) is 3.65. The molecule has 0 aliphatic rings. The zero-order valence-corrected chi connectivity index (χ0v) is 17.6. The summed E-state index contributed by atoms with van der Waals surface area (Å²) in [6.07, 6.45) is 1.91. The summed E-state index contributed by atoms with van der Waals surface area (Å²) in [7, 11) is 0. The van der Waals surface area contributed by atoms with Crippen molar-refractivity contribution in [2.24, 2.45) is 0 Å². The molecule has 4 aromatic rings. The van der Waals surface area contributed by atoms with Crippen molar-refractivity contribution in [2.45, 2.75) is 37.5 Å². The van der Waals surface area contributed by atoms with Crippen molar-refractivity contribution < 1.29 is 19.8 Å². The SMILES string of the molecule is CCC(CC(CC(=O)O)c1c[nH]c2ccccc12)(C(=O)O)c1n[nH]c2ccc(Cl)cc12. The fraction of sp³-hybridized carbons (Fsp3) is 0.261. The third-order valence-corrected chi connectivity index (χ3v) is 6.30. The quantitative estimate of drug-likeness (QED) is 0.305. The van der Waals surface area contributed by atoms with Crippen molar-refractivity contribution in [1.29, 1.82) is 0 Å². The number of carboxylic acid groups (broad SMARTS) is 2. The molecule has 2 heterocycles. The first-order chi connectivity index (χ1) is 14.9. The van der Waals surface area contributed by atoms with Crippen molar-refractivity contribution in [1.82, 2.24) is 15.2 Å². The predicted octanol–water partition coefficient (Wildman–Crippen LogP) is 5.08. The summed E-state index contributed by atoms with van der Waals surface area (Å²) in [5.41, 5.74) is 1.33. The molecule has 0 amide bonds. The standard InChI is InChI=1S/C23H22ClN3O4/c1-2-23(22(30)31,21-16-10-14(24)7-8-19(16)26-27-21)11-13(9-20(28)29)17-12-25-18-6-4-3-5-15(17)18/h3-8,10,12-13,25H,2,9,11H2,1H3,(H,26,27)(H,28,29)(H,30,31). The highest BCUT2D eigenvalue weighted by atomic mass is 35.5. The minimum Gasteiger partial charge on any atom is -0.481 e. The molecule has 0 fully saturated rings. The summed E-state index contributed by atoms with van der Waals surface area (Å²) in [5, 5.41) is 29.2. The van der Waals surface area contributed by atoms with E-state index in [1.807, 2.05) is 24.3 Å². The zero-order valence-electron chi connectivity index (χ0n) is 16.9. The Hall–Kier alpha value is -3.32. The van der Waals surface area contributed by atoms with Crippen LogP contribution >= 0.6 is 11.6 Å². The first kappa shape index (κ1) is 20.9. The molecule has 0 radical (unpaired) electrons. The van der Waals surface area contributed by atoms with Crippen LogP contribution in [0.3, 0.4) is 0 Å². The average molecular weight is 440 g/mol. The molecule has 4 N–H and O–H groups in total. The Kier molecular flexibility index (Phi) is 5.45. The van der Waals surface area contributed by atoms with Gasteiger partial charge in [0.1, 0.15) is 5.41 Å².